The van der Waals surface area contributed by atoms with Crippen LogP contribution in [0.25, 0.3) is 0 Å². The van der Waals surface area contributed by atoms with Crippen LogP contribution in [0.3, 0.4) is 0 Å². The van der Waals surface area contributed by atoms with Gasteiger partial charge in [0.05, 0.1) is 7.11 Å². The van der Waals surface area contributed by atoms with Gasteiger partial charge in [0.1, 0.15) is 0 Å². The Balaban J connectivity index is 2.39. The van der Waals surface area contributed by atoms with Crippen LogP contribution in [0.2, 0.25) is 0 Å². The van der Waals surface area contributed by atoms with E-state index in [-0.39, 0.29) is 17.8 Å². The van der Waals surface area contributed by atoms with E-state index in [0.29, 0.717) is 18.4 Å². The number of carbonyl (C=O) groups is 2. The van der Waals surface area contributed by atoms with Gasteiger partial charge in [-0.15, -0.1) is 0 Å². The molecule has 1 amide bonds. The van der Waals surface area contributed by atoms with Crippen LogP contribution in [-0.4, -0.2) is 37.0 Å². The minimum atomic E-state index is -0.120. The molecule has 1 rings (SSSR count). The maximum Gasteiger partial charge on any atom is 0.305 e. The van der Waals surface area contributed by atoms with Crippen molar-refractivity contribution in [2.75, 3.05) is 14.2 Å². The molecule has 1 saturated carbocycles. The first-order valence-electron chi connectivity index (χ1n) is 6.79. The summed E-state index contributed by atoms with van der Waals surface area (Å²) in [6.07, 6.45) is 4.53. The van der Waals surface area contributed by atoms with E-state index < -0.39 is 0 Å². The van der Waals surface area contributed by atoms with Crippen molar-refractivity contribution in [3.05, 3.63) is 0 Å². The predicted molar refractivity (Wildman–Crippen MR) is 70.0 cm³/mol. The summed E-state index contributed by atoms with van der Waals surface area (Å²) in [5.41, 5.74) is 0. The van der Waals surface area contributed by atoms with Gasteiger partial charge >= 0.3 is 5.97 Å². The van der Waals surface area contributed by atoms with Crippen LogP contribution >= 0.6 is 0 Å². The Morgan fingerprint density at radius 3 is 2.22 bits per heavy atom. The van der Waals surface area contributed by atoms with Gasteiger partial charge in [-0.1, -0.05) is 13.8 Å². The molecular formula is C14H25NO3. The van der Waals surface area contributed by atoms with Crippen molar-refractivity contribution >= 4 is 11.9 Å². The molecular weight excluding hydrogens is 230 g/mol. The molecule has 0 unspecified atom stereocenters. The number of carbonyl (C=O) groups excluding carboxylic acids is 2. The second kappa shape index (κ2) is 6.76. The van der Waals surface area contributed by atoms with Gasteiger partial charge in [0.15, 0.2) is 0 Å². The second-order valence-corrected chi connectivity index (χ2v) is 5.56. The Morgan fingerprint density at radius 2 is 1.78 bits per heavy atom. The standard InChI is InChI=1S/C14H25NO3/c1-10(2)14(17)15(3)12-7-5-11(6-8-12)9-13(16)18-4/h10-12H,5-9H2,1-4H3. The van der Waals surface area contributed by atoms with Gasteiger partial charge in [0.25, 0.3) is 0 Å². The number of amides is 1. The Kier molecular flexibility index (Phi) is 5.63. The molecule has 18 heavy (non-hydrogen) atoms. The molecule has 4 heteroatoms. The zero-order chi connectivity index (χ0) is 13.7. The quantitative estimate of drug-likeness (QED) is 0.724. The molecule has 0 aromatic carbocycles. The van der Waals surface area contributed by atoms with E-state index in [1.54, 1.807) is 0 Å². The largest absolute Gasteiger partial charge is 0.469 e. The van der Waals surface area contributed by atoms with Crippen molar-refractivity contribution in [3.8, 4) is 0 Å². The normalized spacial score (nSPS) is 23.8. The van der Waals surface area contributed by atoms with Crippen molar-refractivity contribution < 1.29 is 14.3 Å². The number of rotatable bonds is 4. The lowest BCUT2D eigenvalue weighted by atomic mass is 9.83. The highest BCUT2D eigenvalue weighted by atomic mass is 16.5. The fraction of sp³-hybridized carbons (Fsp3) is 0.857. The van der Waals surface area contributed by atoms with Crippen LogP contribution in [0.1, 0.15) is 46.0 Å². The lowest BCUT2D eigenvalue weighted by Crippen LogP contribution is -2.41. The summed E-state index contributed by atoms with van der Waals surface area (Å²) in [7, 11) is 3.33. The SMILES string of the molecule is COC(=O)CC1CCC(N(C)C(=O)C(C)C)CC1. The molecule has 104 valence electrons. The molecule has 0 bridgehead atoms. The maximum atomic E-state index is 11.9. The van der Waals surface area contributed by atoms with Crippen LogP contribution in [0, 0.1) is 11.8 Å². The maximum absolute atomic E-state index is 11.9. The number of hydrogen-bond donors (Lipinski definition) is 0. The van der Waals surface area contributed by atoms with Crippen molar-refractivity contribution in [3.63, 3.8) is 0 Å². The highest BCUT2D eigenvalue weighted by Crippen LogP contribution is 2.29. The third kappa shape index (κ3) is 4.00. The van der Waals surface area contributed by atoms with E-state index in [4.69, 9.17) is 4.74 Å². The molecule has 4 nitrogen and oxygen atoms in total. The molecule has 0 heterocycles. The first-order valence-corrected chi connectivity index (χ1v) is 6.79. The van der Waals surface area contributed by atoms with E-state index in [2.05, 4.69) is 0 Å². The Bertz CT molecular complexity index is 293. The predicted octanol–water partition coefficient (Wildman–Crippen LogP) is 2.22. The first kappa shape index (κ1) is 15.0. The van der Waals surface area contributed by atoms with Crippen molar-refractivity contribution in [1.82, 2.24) is 4.90 Å². The van der Waals surface area contributed by atoms with Crippen LogP contribution in [0.5, 0.6) is 0 Å². The van der Waals surface area contributed by atoms with Gasteiger partial charge < -0.3 is 9.64 Å². The summed E-state index contributed by atoms with van der Waals surface area (Å²) in [5, 5.41) is 0. The number of ether oxygens (including phenoxy) is 1. The first-order chi connectivity index (χ1) is 8.45. The minimum absolute atomic E-state index is 0.0581. The minimum Gasteiger partial charge on any atom is -0.469 e. The summed E-state index contributed by atoms with van der Waals surface area (Å²) in [6, 6.07) is 0.341. The molecule has 0 aliphatic heterocycles. The molecule has 0 saturated heterocycles. The van der Waals surface area contributed by atoms with Gasteiger partial charge in [-0.25, -0.2) is 0 Å². The molecule has 0 N–H and O–H groups in total. The topological polar surface area (TPSA) is 46.6 Å². The molecule has 0 spiro atoms. The van der Waals surface area contributed by atoms with E-state index in [0.717, 1.165) is 25.7 Å². The van der Waals surface area contributed by atoms with Gasteiger partial charge in [-0.05, 0) is 31.6 Å². The monoisotopic (exact) mass is 255 g/mol. The number of hydrogen-bond acceptors (Lipinski definition) is 3. The molecule has 1 aliphatic carbocycles. The van der Waals surface area contributed by atoms with Crippen LogP contribution < -0.4 is 0 Å². The third-order valence-electron chi connectivity index (χ3n) is 3.89. The van der Waals surface area contributed by atoms with E-state index in [1.807, 2.05) is 25.8 Å². The van der Waals surface area contributed by atoms with E-state index in [1.165, 1.54) is 7.11 Å². The molecule has 0 radical (unpaired) electrons. The fourth-order valence-electron chi connectivity index (χ4n) is 2.64. The van der Waals surface area contributed by atoms with Crippen molar-refractivity contribution in [2.24, 2.45) is 11.8 Å². The zero-order valence-corrected chi connectivity index (χ0v) is 11.9. The molecule has 1 fully saturated rings. The molecule has 0 atom stereocenters. The number of nitrogens with zero attached hydrogens (tertiary/aromatic N) is 1. The van der Waals surface area contributed by atoms with Gasteiger partial charge in [0.2, 0.25) is 5.91 Å². The molecule has 0 aromatic heterocycles. The highest BCUT2D eigenvalue weighted by Gasteiger charge is 2.28. The third-order valence-corrected chi connectivity index (χ3v) is 3.89. The Labute approximate surface area is 110 Å². The van der Waals surface area contributed by atoms with Gasteiger partial charge in [0, 0.05) is 25.4 Å². The van der Waals surface area contributed by atoms with E-state index >= 15 is 0 Å². The Morgan fingerprint density at radius 1 is 1.22 bits per heavy atom. The Hall–Kier alpha value is -1.06. The van der Waals surface area contributed by atoms with E-state index in [9.17, 15) is 9.59 Å². The second-order valence-electron chi connectivity index (χ2n) is 5.56. The average Bonchev–Trinajstić information content (AvgIpc) is 2.37. The zero-order valence-electron chi connectivity index (χ0n) is 11.9. The highest BCUT2D eigenvalue weighted by molar-refractivity contribution is 5.78. The van der Waals surface area contributed by atoms with Gasteiger partial charge in [-0.2, -0.15) is 0 Å². The van der Waals surface area contributed by atoms with Gasteiger partial charge in [-0.3, -0.25) is 9.59 Å². The van der Waals surface area contributed by atoms with Crippen LogP contribution in [0.4, 0.5) is 0 Å². The number of methoxy groups -OCH3 is 1. The van der Waals surface area contributed by atoms with Crippen LogP contribution in [-0.2, 0) is 14.3 Å². The fourth-order valence-corrected chi connectivity index (χ4v) is 2.64. The average molecular weight is 255 g/mol. The smallest absolute Gasteiger partial charge is 0.305 e. The number of esters is 1. The summed E-state index contributed by atoms with van der Waals surface area (Å²) in [6.45, 7) is 3.86. The summed E-state index contributed by atoms with van der Waals surface area (Å²) < 4.78 is 4.69. The summed E-state index contributed by atoms with van der Waals surface area (Å²) >= 11 is 0. The molecule has 1 aliphatic rings. The lowest BCUT2D eigenvalue weighted by molar-refractivity contribution is -0.142. The van der Waals surface area contributed by atoms with Crippen LogP contribution in [0.15, 0.2) is 0 Å². The lowest BCUT2D eigenvalue weighted by Gasteiger charge is -2.35. The summed E-state index contributed by atoms with van der Waals surface area (Å²) in [5.74, 6) is 0.579. The van der Waals surface area contributed by atoms with Crippen molar-refractivity contribution in [2.45, 2.75) is 52.0 Å². The summed E-state index contributed by atoms with van der Waals surface area (Å²) in [4.78, 5) is 25.0. The molecule has 0 aromatic rings. The van der Waals surface area contributed by atoms with Crippen molar-refractivity contribution in [1.29, 1.82) is 0 Å².